The van der Waals surface area contributed by atoms with Gasteiger partial charge in [-0.25, -0.2) is 8.78 Å². The highest BCUT2D eigenvalue weighted by Crippen LogP contribution is 2.20. The van der Waals surface area contributed by atoms with Crippen LogP contribution in [0.2, 0.25) is 0 Å². The quantitative estimate of drug-likeness (QED) is 0.345. The molecule has 0 fully saturated rings. The second-order valence-electron chi connectivity index (χ2n) is 9.08. The van der Waals surface area contributed by atoms with Crippen molar-refractivity contribution in [3.8, 4) is 0 Å². The fourth-order valence-electron chi connectivity index (χ4n) is 3.71. The maximum atomic E-state index is 14.6. The molecule has 0 saturated carbocycles. The smallest absolute Gasteiger partial charge is 0.243 e. The maximum absolute atomic E-state index is 14.6. The van der Waals surface area contributed by atoms with Gasteiger partial charge in [0.1, 0.15) is 17.7 Å². The third kappa shape index (κ3) is 8.48. The lowest BCUT2D eigenvalue weighted by molar-refractivity contribution is -0.139. The summed E-state index contributed by atoms with van der Waals surface area (Å²) >= 11 is 1.38. The van der Waals surface area contributed by atoms with Crippen molar-refractivity contribution in [2.75, 3.05) is 12.3 Å². The van der Waals surface area contributed by atoms with E-state index >= 15 is 0 Å². The largest absolute Gasteiger partial charge is 0.354 e. The van der Waals surface area contributed by atoms with Crippen LogP contribution in [0.25, 0.3) is 0 Å². The van der Waals surface area contributed by atoms with Crippen LogP contribution in [0, 0.1) is 17.6 Å². The number of nitrogens with zero attached hydrogens (tertiary/aromatic N) is 1. The first-order valence-electron chi connectivity index (χ1n) is 12.0. The molecule has 0 unspecified atom stereocenters. The van der Waals surface area contributed by atoms with Crippen molar-refractivity contribution >= 4 is 23.6 Å². The van der Waals surface area contributed by atoms with Crippen molar-refractivity contribution in [3.63, 3.8) is 0 Å². The summed E-state index contributed by atoms with van der Waals surface area (Å²) in [5.41, 5.74) is 2.15. The molecule has 0 aliphatic rings. The lowest BCUT2D eigenvalue weighted by atomic mass is 10.0. The van der Waals surface area contributed by atoms with E-state index in [1.165, 1.54) is 34.9 Å². The molecule has 0 aliphatic heterocycles. The Balaban J connectivity index is 1.84. The van der Waals surface area contributed by atoms with E-state index < -0.39 is 11.9 Å². The molecule has 36 heavy (non-hydrogen) atoms. The van der Waals surface area contributed by atoms with E-state index in [4.69, 9.17) is 0 Å². The Bertz CT molecular complexity index is 1120. The van der Waals surface area contributed by atoms with Gasteiger partial charge in [0.25, 0.3) is 0 Å². The minimum absolute atomic E-state index is 0.0186. The highest BCUT2D eigenvalue weighted by molar-refractivity contribution is 7.99. The van der Waals surface area contributed by atoms with Gasteiger partial charge in [0.15, 0.2) is 0 Å². The maximum Gasteiger partial charge on any atom is 0.243 e. The Morgan fingerprint density at radius 1 is 0.889 bits per heavy atom. The van der Waals surface area contributed by atoms with Crippen LogP contribution in [0.4, 0.5) is 8.78 Å². The van der Waals surface area contributed by atoms with E-state index in [9.17, 15) is 18.4 Å². The predicted octanol–water partition coefficient (Wildman–Crippen LogP) is 5.61. The first kappa shape index (κ1) is 27.4. The Kier molecular flexibility index (Phi) is 10.5. The molecule has 1 N–H and O–H groups in total. The van der Waals surface area contributed by atoms with Gasteiger partial charge in [0, 0.05) is 30.8 Å². The standard InChI is InChI=1S/C29H32F2N2O2S/c1-21(2)17-32-29(35)27(16-22-8-4-3-5-9-22)33(18-24-10-6-7-11-26(24)31)28(34)20-36-19-23-12-14-25(30)15-13-23/h3-15,21,27H,16-20H2,1-2H3,(H,32,35)/t27-/m0/s1. The van der Waals surface area contributed by atoms with E-state index in [-0.39, 0.29) is 35.8 Å². The molecule has 3 aromatic carbocycles. The average molecular weight is 511 g/mol. The number of benzene rings is 3. The molecule has 3 aromatic rings. The van der Waals surface area contributed by atoms with Crippen molar-refractivity contribution in [3.05, 3.63) is 107 Å². The van der Waals surface area contributed by atoms with Gasteiger partial charge in [-0.15, -0.1) is 11.8 Å². The molecule has 0 bridgehead atoms. The molecule has 0 heterocycles. The number of carbonyl (C=O) groups excluding carboxylic acids is 2. The zero-order valence-electron chi connectivity index (χ0n) is 20.6. The summed E-state index contributed by atoms with van der Waals surface area (Å²) in [6, 6.07) is 21.1. The number of thioether (sulfide) groups is 1. The summed E-state index contributed by atoms with van der Waals surface area (Å²) in [5, 5.41) is 2.96. The highest BCUT2D eigenvalue weighted by atomic mass is 32.2. The number of hydrogen-bond donors (Lipinski definition) is 1. The van der Waals surface area contributed by atoms with Crippen molar-refractivity contribution in [2.24, 2.45) is 5.92 Å². The lowest BCUT2D eigenvalue weighted by Crippen LogP contribution is -2.51. The van der Waals surface area contributed by atoms with Gasteiger partial charge < -0.3 is 10.2 Å². The Hall–Kier alpha value is -3.19. The van der Waals surface area contributed by atoms with E-state index in [0.717, 1.165) is 11.1 Å². The number of rotatable bonds is 12. The summed E-state index contributed by atoms with van der Waals surface area (Å²) < 4.78 is 27.8. The third-order valence-corrected chi connectivity index (χ3v) is 6.65. The van der Waals surface area contributed by atoms with Crippen LogP contribution in [0.15, 0.2) is 78.9 Å². The molecule has 7 heteroatoms. The van der Waals surface area contributed by atoms with Crippen LogP contribution >= 0.6 is 11.8 Å². The van der Waals surface area contributed by atoms with Gasteiger partial charge in [-0.05, 0) is 35.2 Å². The molecular weight excluding hydrogens is 478 g/mol. The van der Waals surface area contributed by atoms with Crippen LogP contribution in [-0.4, -0.2) is 35.1 Å². The Labute approximate surface area is 216 Å². The van der Waals surface area contributed by atoms with Crippen molar-refractivity contribution in [1.82, 2.24) is 10.2 Å². The molecule has 0 aliphatic carbocycles. The first-order valence-corrected chi connectivity index (χ1v) is 13.2. The van der Waals surface area contributed by atoms with E-state index in [0.29, 0.717) is 24.3 Å². The molecule has 0 aromatic heterocycles. The lowest BCUT2D eigenvalue weighted by Gasteiger charge is -2.32. The fraction of sp³-hybridized carbons (Fsp3) is 0.310. The van der Waals surface area contributed by atoms with E-state index in [2.05, 4.69) is 5.32 Å². The summed E-state index contributed by atoms with van der Waals surface area (Å²) in [4.78, 5) is 28.4. The number of halogens is 2. The third-order valence-electron chi connectivity index (χ3n) is 5.66. The Morgan fingerprint density at radius 2 is 1.56 bits per heavy atom. The van der Waals surface area contributed by atoms with Crippen molar-refractivity contribution in [1.29, 1.82) is 0 Å². The fourth-order valence-corrected chi connectivity index (χ4v) is 4.58. The van der Waals surface area contributed by atoms with Gasteiger partial charge in [-0.3, -0.25) is 9.59 Å². The topological polar surface area (TPSA) is 49.4 Å². The molecule has 0 saturated heterocycles. The van der Waals surface area contributed by atoms with Crippen LogP contribution < -0.4 is 5.32 Å². The molecule has 3 rings (SSSR count). The van der Waals surface area contributed by atoms with E-state index in [1.807, 2.05) is 44.2 Å². The predicted molar refractivity (Wildman–Crippen MR) is 141 cm³/mol. The minimum atomic E-state index is -0.801. The van der Waals surface area contributed by atoms with Crippen LogP contribution in [0.5, 0.6) is 0 Å². The van der Waals surface area contributed by atoms with Gasteiger partial charge in [-0.2, -0.15) is 0 Å². The van der Waals surface area contributed by atoms with E-state index in [1.54, 1.807) is 30.3 Å². The van der Waals surface area contributed by atoms with Crippen LogP contribution in [0.1, 0.15) is 30.5 Å². The Morgan fingerprint density at radius 3 is 2.22 bits per heavy atom. The van der Waals surface area contributed by atoms with Gasteiger partial charge in [0.05, 0.1) is 5.75 Å². The molecule has 2 amide bonds. The zero-order valence-corrected chi connectivity index (χ0v) is 21.4. The number of amides is 2. The first-order chi connectivity index (χ1) is 17.3. The van der Waals surface area contributed by atoms with Gasteiger partial charge in [0.2, 0.25) is 11.8 Å². The van der Waals surface area contributed by atoms with Crippen LogP contribution in [-0.2, 0) is 28.3 Å². The summed E-state index contributed by atoms with van der Waals surface area (Å²) in [5.74, 6) is -0.390. The summed E-state index contributed by atoms with van der Waals surface area (Å²) in [6.07, 6.45) is 0.313. The molecule has 4 nitrogen and oxygen atoms in total. The zero-order chi connectivity index (χ0) is 25.9. The summed E-state index contributed by atoms with van der Waals surface area (Å²) in [7, 11) is 0. The molecular formula is C29H32F2N2O2S. The highest BCUT2D eigenvalue weighted by Gasteiger charge is 2.30. The molecule has 190 valence electrons. The number of nitrogens with one attached hydrogen (secondary N) is 1. The monoisotopic (exact) mass is 510 g/mol. The number of hydrogen-bond acceptors (Lipinski definition) is 3. The second kappa shape index (κ2) is 13.8. The second-order valence-corrected chi connectivity index (χ2v) is 10.1. The molecule has 0 spiro atoms. The number of carbonyl (C=O) groups is 2. The average Bonchev–Trinajstić information content (AvgIpc) is 2.87. The van der Waals surface area contributed by atoms with Crippen molar-refractivity contribution in [2.45, 2.75) is 38.6 Å². The summed E-state index contributed by atoms with van der Waals surface area (Å²) in [6.45, 7) is 4.46. The molecule has 0 radical (unpaired) electrons. The van der Waals surface area contributed by atoms with Gasteiger partial charge >= 0.3 is 0 Å². The molecule has 1 atom stereocenters. The minimum Gasteiger partial charge on any atom is -0.354 e. The van der Waals surface area contributed by atoms with Crippen LogP contribution in [0.3, 0.4) is 0 Å². The van der Waals surface area contributed by atoms with Crippen molar-refractivity contribution < 1.29 is 18.4 Å². The SMILES string of the molecule is CC(C)CNC(=O)[C@H](Cc1ccccc1)N(Cc1ccccc1F)C(=O)CSCc1ccc(F)cc1. The normalized spacial score (nSPS) is 11.8. The van der Waals surface area contributed by atoms with Gasteiger partial charge in [-0.1, -0.05) is 74.5 Å².